The molecule has 1 amide bonds. The van der Waals surface area contributed by atoms with Gasteiger partial charge in [0.25, 0.3) is 0 Å². The van der Waals surface area contributed by atoms with E-state index in [1.54, 1.807) is 0 Å². The molecule has 0 saturated carbocycles. The fourth-order valence-corrected chi connectivity index (χ4v) is 2.42. The lowest BCUT2D eigenvalue weighted by Crippen LogP contribution is -2.40. The van der Waals surface area contributed by atoms with Gasteiger partial charge in [-0.05, 0) is 31.5 Å². The van der Waals surface area contributed by atoms with Crippen molar-refractivity contribution in [2.75, 3.05) is 6.54 Å². The third kappa shape index (κ3) is 4.28. The van der Waals surface area contributed by atoms with Crippen LogP contribution in [0.25, 0.3) is 5.65 Å². The lowest BCUT2D eigenvalue weighted by atomic mass is 10.2. The van der Waals surface area contributed by atoms with Gasteiger partial charge >= 0.3 is 6.18 Å². The van der Waals surface area contributed by atoms with Crippen LogP contribution in [0.4, 0.5) is 13.2 Å². The molecule has 0 aromatic carbocycles. The molecule has 3 rings (SSSR count). The van der Waals surface area contributed by atoms with Crippen molar-refractivity contribution in [2.24, 2.45) is 0 Å². The Hall–Kier alpha value is -1.58. The highest BCUT2D eigenvalue weighted by atomic mass is 35.5. The number of fused-ring (bicyclic) bond motifs is 1. The predicted molar refractivity (Wildman–Crippen MR) is 85.4 cm³/mol. The summed E-state index contributed by atoms with van der Waals surface area (Å²) in [4.78, 5) is 11.9. The minimum atomic E-state index is -4.44. The summed E-state index contributed by atoms with van der Waals surface area (Å²) in [7, 11) is 0. The van der Waals surface area contributed by atoms with Crippen LogP contribution in [0.1, 0.15) is 24.2 Å². The van der Waals surface area contributed by atoms with Gasteiger partial charge in [-0.3, -0.25) is 9.20 Å². The molecule has 1 atom stereocenters. The summed E-state index contributed by atoms with van der Waals surface area (Å²) >= 11 is 0. The van der Waals surface area contributed by atoms with Crippen molar-refractivity contribution in [1.82, 2.24) is 25.2 Å². The average Bonchev–Trinajstić information content (AvgIpc) is 3.13. The van der Waals surface area contributed by atoms with Crippen molar-refractivity contribution in [1.29, 1.82) is 0 Å². The van der Waals surface area contributed by atoms with Crippen LogP contribution >= 0.6 is 24.8 Å². The number of nitrogens with zero attached hydrogens (tertiary/aromatic N) is 3. The van der Waals surface area contributed by atoms with Crippen molar-refractivity contribution in [3.05, 3.63) is 29.7 Å². The van der Waals surface area contributed by atoms with Crippen LogP contribution in [-0.2, 0) is 17.5 Å². The van der Waals surface area contributed by atoms with E-state index < -0.39 is 11.7 Å². The highest BCUT2D eigenvalue weighted by Crippen LogP contribution is 2.29. The second kappa shape index (κ2) is 8.00. The van der Waals surface area contributed by atoms with Crippen LogP contribution in [0.5, 0.6) is 0 Å². The third-order valence-corrected chi connectivity index (χ3v) is 3.60. The van der Waals surface area contributed by atoms with E-state index in [2.05, 4.69) is 20.8 Å². The molecule has 2 aromatic rings. The Morgan fingerprint density at radius 3 is 2.71 bits per heavy atom. The topological polar surface area (TPSA) is 71.3 Å². The number of carbonyl (C=O) groups excluding carboxylic acids is 1. The van der Waals surface area contributed by atoms with Crippen LogP contribution in [0.15, 0.2) is 18.3 Å². The molecule has 3 heterocycles. The van der Waals surface area contributed by atoms with E-state index in [0.717, 1.165) is 31.6 Å². The van der Waals surface area contributed by atoms with E-state index in [1.165, 1.54) is 10.5 Å². The molecule has 1 aliphatic heterocycles. The summed E-state index contributed by atoms with van der Waals surface area (Å²) in [5.41, 5.74) is -0.485. The zero-order valence-electron chi connectivity index (χ0n) is 12.3. The number of halogens is 5. The minimum Gasteiger partial charge on any atom is -0.347 e. The van der Waals surface area contributed by atoms with Gasteiger partial charge in [0.15, 0.2) is 11.5 Å². The molecule has 134 valence electrons. The zero-order chi connectivity index (χ0) is 15.7. The van der Waals surface area contributed by atoms with E-state index in [-0.39, 0.29) is 49.1 Å². The molecule has 2 aromatic heterocycles. The first-order chi connectivity index (χ1) is 10.4. The highest BCUT2D eigenvalue weighted by Gasteiger charge is 2.31. The number of rotatable bonds is 3. The van der Waals surface area contributed by atoms with Gasteiger partial charge in [0.2, 0.25) is 5.91 Å². The minimum absolute atomic E-state index is 0. The van der Waals surface area contributed by atoms with E-state index in [9.17, 15) is 18.0 Å². The van der Waals surface area contributed by atoms with Gasteiger partial charge in [-0.1, -0.05) is 0 Å². The molecule has 1 unspecified atom stereocenters. The number of hydrogen-bond donors (Lipinski definition) is 2. The summed E-state index contributed by atoms with van der Waals surface area (Å²) < 4.78 is 39.5. The first-order valence-corrected chi connectivity index (χ1v) is 6.87. The summed E-state index contributed by atoms with van der Waals surface area (Å²) in [6.45, 7) is 0.820. The molecule has 0 bridgehead atoms. The van der Waals surface area contributed by atoms with Crippen molar-refractivity contribution in [3.63, 3.8) is 0 Å². The molecule has 0 radical (unpaired) electrons. The maximum atomic E-state index is 12.7. The molecule has 1 fully saturated rings. The summed E-state index contributed by atoms with van der Waals surface area (Å²) in [5, 5.41) is 13.3. The SMILES string of the molecule is Cl.Cl.O=C(NCc1nnc2ccc(C(F)(F)F)cn12)C1CCCN1. The number of amides is 1. The summed E-state index contributed by atoms with van der Waals surface area (Å²) in [5.74, 6) is 0.0775. The normalized spacial score (nSPS) is 17.2. The monoisotopic (exact) mass is 385 g/mol. The molecular formula is C13H16Cl2F3N5O. The second-order valence-electron chi connectivity index (χ2n) is 5.13. The smallest absolute Gasteiger partial charge is 0.347 e. The molecule has 24 heavy (non-hydrogen) atoms. The van der Waals surface area contributed by atoms with E-state index in [4.69, 9.17) is 0 Å². The Bertz CT molecular complexity index is 700. The van der Waals surface area contributed by atoms with Gasteiger partial charge in [-0.2, -0.15) is 13.2 Å². The lowest BCUT2D eigenvalue weighted by Gasteiger charge is -2.11. The molecule has 11 heteroatoms. The van der Waals surface area contributed by atoms with Gasteiger partial charge in [-0.25, -0.2) is 0 Å². The van der Waals surface area contributed by atoms with Crippen LogP contribution in [0.3, 0.4) is 0 Å². The number of carbonyl (C=O) groups is 1. The fraction of sp³-hybridized carbons (Fsp3) is 0.462. The Morgan fingerprint density at radius 1 is 1.33 bits per heavy atom. The molecule has 6 nitrogen and oxygen atoms in total. The quantitative estimate of drug-likeness (QED) is 0.846. The largest absolute Gasteiger partial charge is 0.417 e. The van der Waals surface area contributed by atoms with Crippen LogP contribution in [0, 0.1) is 0 Å². The molecule has 1 saturated heterocycles. The molecular weight excluding hydrogens is 370 g/mol. The highest BCUT2D eigenvalue weighted by molar-refractivity contribution is 5.85. The van der Waals surface area contributed by atoms with Crippen LogP contribution < -0.4 is 10.6 Å². The Morgan fingerprint density at radius 2 is 2.08 bits per heavy atom. The Labute approximate surface area is 148 Å². The average molecular weight is 386 g/mol. The van der Waals surface area contributed by atoms with E-state index >= 15 is 0 Å². The maximum Gasteiger partial charge on any atom is 0.417 e. The predicted octanol–water partition coefficient (Wildman–Crippen LogP) is 1.96. The number of alkyl halides is 3. The van der Waals surface area contributed by atoms with Crippen molar-refractivity contribution in [2.45, 2.75) is 31.6 Å². The molecule has 1 aliphatic rings. The summed E-state index contributed by atoms with van der Waals surface area (Å²) in [6, 6.07) is 1.96. The standard InChI is InChI=1S/C13H14F3N5O.2ClH/c14-13(15,16)8-3-4-10-19-20-11(21(10)7-8)6-18-12(22)9-2-1-5-17-9;;/h3-4,7,9,17H,1-2,5-6H2,(H,18,22);2*1H. The Kier molecular flexibility index (Phi) is 6.82. The second-order valence-corrected chi connectivity index (χ2v) is 5.13. The fourth-order valence-electron chi connectivity index (χ4n) is 2.42. The van der Waals surface area contributed by atoms with Gasteiger partial charge < -0.3 is 10.6 Å². The van der Waals surface area contributed by atoms with Crippen LogP contribution in [0.2, 0.25) is 0 Å². The van der Waals surface area contributed by atoms with Crippen molar-refractivity contribution >= 4 is 36.4 Å². The van der Waals surface area contributed by atoms with E-state index in [0.29, 0.717) is 5.65 Å². The van der Waals surface area contributed by atoms with Gasteiger partial charge in [0, 0.05) is 6.20 Å². The molecule has 0 spiro atoms. The number of nitrogens with one attached hydrogen (secondary N) is 2. The lowest BCUT2D eigenvalue weighted by molar-refractivity contribution is -0.137. The van der Waals surface area contributed by atoms with E-state index in [1.807, 2.05) is 0 Å². The number of pyridine rings is 1. The van der Waals surface area contributed by atoms with Crippen LogP contribution in [-0.4, -0.2) is 33.1 Å². The van der Waals surface area contributed by atoms with Gasteiger partial charge in [0.1, 0.15) is 0 Å². The first kappa shape index (κ1) is 20.5. The third-order valence-electron chi connectivity index (χ3n) is 3.60. The number of aromatic nitrogens is 3. The molecule has 2 N–H and O–H groups in total. The Balaban J connectivity index is 0.00000144. The summed E-state index contributed by atoms with van der Waals surface area (Å²) in [6.07, 6.45) is -1.82. The van der Waals surface area contributed by atoms with Gasteiger partial charge in [-0.15, -0.1) is 35.0 Å². The molecule has 0 aliphatic carbocycles. The van der Waals surface area contributed by atoms with Gasteiger partial charge in [0.05, 0.1) is 18.2 Å². The number of hydrogen-bond acceptors (Lipinski definition) is 4. The zero-order valence-corrected chi connectivity index (χ0v) is 14.0. The maximum absolute atomic E-state index is 12.7. The first-order valence-electron chi connectivity index (χ1n) is 6.87. The van der Waals surface area contributed by atoms with Crippen molar-refractivity contribution in [3.8, 4) is 0 Å². The van der Waals surface area contributed by atoms with Crippen molar-refractivity contribution < 1.29 is 18.0 Å².